The summed E-state index contributed by atoms with van der Waals surface area (Å²) in [5, 5.41) is 36.3. The first-order valence-electron chi connectivity index (χ1n) is 24.9. The van der Waals surface area contributed by atoms with Gasteiger partial charge in [-0.15, -0.1) is 0 Å². The maximum absolute atomic E-state index is 14.2. The predicted molar refractivity (Wildman–Crippen MR) is 259 cm³/mol. The summed E-state index contributed by atoms with van der Waals surface area (Å²) < 4.78 is 49.9. The van der Waals surface area contributed by atoms with E-state index < -0.39 is 116 Å². The monoisotopic (exact) mass is 986 g/mol. The van der Waals surface area contributed by atoms with Crippen LogP contribution in [0.25, 0.3) is 17.0 Å². The number of para-hydroxylation sites is 1. The minimum atomic E-state index is -1.50. The van der Waals surface area contributed by atoms with E-state index in [1.54, 1.807) is 59.8 Å². The minimum absolute atomic E-state index is 0.0174. The van der Waals surface area contributed by atoms with Gasteiger partial charge < -0.3 is 67.8 Å². The molecule has 3 aliphatic heterocycles. The number of pyridine rings is 1. The minimum Gasteiger partial charge on any atom is -0.462 e. The number of cyclic esters (lactones) is 1. The van der Waals surface area contributed by atoms with E-state index in [1.807, 2.05) is 61.4 Å². The van der Waals surface area contributed by atoms with E-state index in [1.165, 1.54) is 7.11 Å². The summed E-state index contributed by atoms with van der Waals surface area (Å²) in [4.78, 5) is 60.4. The first-order chi connectivity index (χ1) is 33.3. The van der Waals surface area contributed by atoms with Gasteiger partial charge in [-0.05, 0) is 97.3 Å². The number of ether oxygens (including phenoxy) is 8. The van der Waals surface area contributed by atoms with Crippen LogP contribution < -0.4 is 0 Å². The first kappa shape index (κ1) is 57.0. The summed E-state index contributed by atoms with van der Waals surface area (Å²) >= 11 is 0. The maximum atomic E-state index is 14.2. The molecule has 4 heterocycles. The molecule has 392 valence electrons. The van der Waals surface area contributed by atoms with Crippen molar-refractivity contribution in [1.29, 1.82) is 0 Å². The number of likely N-dealkylation sites (N-methyl/N-ethyl adjacent to an activating group) is 2. The van der Waals surface area contributed by atoms with Crippen molar-refractivity contribution in [2.45, 2.75) is 185 Å². The van der Waals surface area contributed by atoms with Crippen LogP contribution in [0.2, 0.25) is 0 Å². The highest BCUT2D eigenvalue weighted by atomic mass is 16.7. The molecular weight excluding hydrogens is 907 g/mol. The van der Waals surface area contributed by atoms with Crippen LogP contribution >= 0.6 is 0 Å². The number of carbonyl (C=O) groups is 4. The number of aldehydes is 1. The van der Waals surface area contributed by atoms with Crippen molar-refractivity contribution < 1.29 is 72.4 Å². The molecule has 0 spiro atoms. The van der Waals surface area contributed by atoms with Crippen LogP contribution in [-0.2, 0) is 57.1 Å². The summed E-state index contributed by atoms with van der Waals surface area (Å²) in [5.74, 6) is -2.81. The molecule has 70 heavy (non-hydrogen) atoms. The molecule has 5 unspecified atom stereocenters. The number of methoxy groups -OCH3 is 1. The molecule has 18 nitrogen and oxygen atoms in total. The Morgan fingerprint density at radius 2 is 1.69 bits per heavy atom. The number of hydrogen-bond acceptors (Lipinski definition) is 18. The van der Waals surface area contributed by atoms with Crippen LogP contribution in [0.15, 0.2) is 42.6 Å². The molecule has 3 saturated heterocycles. The second kappa shape index (κ2) is 26.7. The molecule has 3 fully saturated rings. The van der Waals surface area contributed by atoms with E-state index in [-0.39, 0.29) is 38.0 Å². The van der Waals surface area contributed by atoms with Gasteiger partial charge in [-0.1, -0.05) is 51.1 Å². The van der Waals surface area contributed by atoms with Crippen molar-refractivity contribution >= 4 is 41.2 Å². The highest BCUT2D eigenvalue weighted by molar-refractivity contribution is 5.87. The topological polar surface area (TPSA) is 222 Å². The van der Waals surface area contributed by atoms with Crippen LogP contribution in [0.3, 0.4) is 0 Å². The Bertz CT molecular complexity index is 2010. The third kappa shape index (κ3) is 15.3. The zero-order chi connectivity index (χ0) is 51.3. The molecular formula is C52H79N3O15. The third-order valence-electron chi connectivity index (χ3n) is 13.8. The quantitative estimate of drug-likeness (QED) is 0.126. The zero-order valence-electron chi connectivity index (χ0n) is 42.7. The number of carbonyl (C=O) groups excluding carboxylic acids is 4. The Labute approximate surface area is 413 Å². The van der Waals surface area contributed by atoms with E-state index in [0.717, 1.165) is 22.8 Å². The fourth-order valence-corrected chi connectivity index (χ4v) is 10.0. The van der Waals surface area contributed by atoms with E-state index in [9.17, 15) is 34.5 Å². The second-order valence-electron chi connectivity index (χ2n) is 19.8. The van der Waals surface area contributed by atoms with Crippen molar-refractivity contribution in [3.05, 3.63) is 48.2 Å². The molecule has 3 aliphatic rings. The summed E-state index contributed by atoms with van der Waals surface area (Å²) in [6.45, 7) is 11.1. The summed E-state index contributed by atoms with van der Waals surface area (Å²) in [7, 11) is 6.83. The average molecular weight is 986 g/mol. The smallest absolute Gasteiger partial charge is 0.309 e. The maximum Gasteiger partial charge on any atom is 0.309 e. The molecule has 0 bridgehead atoms. The average Bonchev–Trinajstić information content (AvgIpc) is 3.30. The number of hydrogen-bond donors (Lipinski definition) is 3. The first-order valence-corrected chi connectivity index (χ1v) is 24.9. The number of benzene rings is 1. The van der Waals surface area contributed by atoms with Gasteiger partial charge in [0.25, 0.3) is 0 Å². The normalized spacial score (nSPS) is 35.6. The predicted octanol–water partition coefficient (Wildman–Crippen LogP) is 4.61. The van der Waals surface area contributed by atoms with Crippen molar-refractivity contribution in [3.63, 3.8) is 0 Å². The Balaban J connectivity index is 1.45. The molecule has 1 aromatic heterocycles. The SMILES string of the molecule is CCC(=O)O[C@@H]1CC(=O)O[C@H](C/C=C/c2ccnc3ccccc23)CCCN(C)C[C@H](O)[C@H](C)C[C@H](CC=O)[C@H](O[C@@H]2OC(C)[C@H](O[C@H]3CC(C)(O)[C@@H](OC(=O)CC)C(C)O3)C(N(C)C)C2O)[C@H]1OC. The number of fused-ring (bicyclic) bond motifs is 1. The fourth-order valence-electron chi connectivity index (χ4n) is 10.0. The fraction of sp³-hybridized carbons (Fsp3) is 0.712. The molecule has 0 saturated carbocycles. The van der Waals surface area contributed by atoms with E-state index >= 15 is 0 Å². The summed E-state index contributed by atoms with van der Waals surface area (Å²) in [6.07, 6.45) is -4.30. The number of aliphatic hydroxyl groups is 3. The van der Waals surface area contributed by atoms with E-state index in [2.05, 4.69) is 4.98 Å². The van der Waals surface area contributed by atoms with Gasteiger partial charge >= 0.3 is 17.9 Å². The van der Waals surface area contributed by atoms with Gasteiger partial charge in [-0.3, -0.25) is 19.4 Å². The van der Waals surface area contributed by atoms with E-state index in [4.69, 9.17) is 37.9 Å². The lowest BCUT2D eigenvalue weighted by atomic mass is 9.82. The van der Waals surface area contributed by atoms with Gasteiger partial charge in [0.05, 0.1) is 42.4 Å². The van der Waals surface area contributed by atoms with Gasteiger partial charge in [0, 0.05) is 57.3 Å². The molecule has 16 atom stereocenters. The van der Waals surface area contributed by atoms with Crippen molar-refractivity contribution in [2.75, 3.05) is 41.3 Å². The molecule has 2 aromatic rings. The lowest BCUT2D eigenvalue weighted by Crippen LogP contribution is -2.66. The molecule has 1 aromatic carbocycles. The number of esters is 3. The highest BCUT2D eigenvalue weighted by Gasteiger charge is 2.53. The third-order valence-corrected chi connectivity index (χ3v) is 13.8. The van der Waals surface area contributed by atoms with Gasteiger partial charge in [0.2, 0.25) is 0 Å². The number of rotatable bonds is 15. The van der Waals surface area contributed by atoms with Gasteiger partial charge in [-0.25, -0.2) is 0 Å². The zero-order valence-corrected chi connectivity index (χ0v) is 42.7. The van der Waals surface area contributed by atoms with Gasteiger partial charge in [0.1, 0.15) is 42.4 Å². The Kier molecular flexibility index (Phi) is 21.7. The van der Waals surface area contributed by atoms with Crippen LogP contribution in [0.5, 0.6) is 0 Å². The Morgan fingerprint density at radius 1 is 0.971 bits per heavy atom. The van der Waals surface area contributed by atoms with Crippen molar-refractivity contribution in [3.8, 4) is 0 Å². The molecule has 18 heteroatoms. The molecule has 5 rings (SSSR count). The molecule has 0 amide bonds. The summed E-state index contributed by atoms with van der Waals surface area (Å²) in [5.41, 5.74) is 0.319. The van der Waals surface area contributed by atoms with Crippen molar-refractivity contribution in [1.82, 2.24) is 14.8 Å². The largest absolute Gasteiger partial charge is 0.462 e. The number of nitrogens with zero attached hydrogens (tertiary/aromatic N) is 3. The molecule has 3 N–H and O–H groups in total. The number of aromatic nitrogens is 1. The van der Waals surface area contributed by atoms with Crippen LogP contribution in [0.4, 0.5) is 0 Å². The van der Waals surface area contributed by atoms with Crippen LogP contribution in [0, 0.1) is 11.8 Å². The lowest BCUT2D eigenvalue weighted by molar-refractivity contribution is -0.344. The van der Waals surface area contributed by atoms with Crippen LogP contribution in [-0.4, -0.2) is 181 Å². The Morgan fingerprint density at radius 3 is 2.36 bits per heavy atom. The molecule has 0 radical (unpaired) electrons. The van der Waals surface area contributed by atoms with E-state index in [0.29, 0.717) is 32.4 Å². The standard InChI is InChI=1S/C52H79N3O15/c1-11-41(58)67-40-28-43(60)66-36(18-15-17-34-22-24-53-38-21-14-13-20-37(34)38)19-16-25-55(9)30-39(57)31(3)27-35(23-26-56)48(49(40)63-10)70-51-46(61)45(54(7)8)47(32(4)65-51)69-44-29-52(6,62)50(33(5)64-44)68-42(59)12-2/h13-15,17,20-22,24,26,31-33,35-36,39-40,44-51,57,61-62H,11-12,16,18-19,23,25,27-30H2,1-10H3/b17-15+/t31-,32?,33?,35+,36-,39+,40-,44+,45?,46?,47+,48+,49+,50+,51+,52?/m1/s1. The van der Waals surface area contributed by atoms with Crippen LogP contribution in [0.1, 0.15) is 105 Å². The molecule has 0 aliphatic carbocycles. The van der Waals surface area contributed by atoms with Crippen molar-refractivity contribution in [2.24, 2.45) is 11.8 Å². The van der Waals surface area contributed by atoms with Gasteiger partial charge in [0.15, 0.2) is 18.7 Å². The van der Waals surface area contributed by atoms with Gasteiger partial charge in [-0.2, -0.15) is 0 Å². The Hall–Kier alpha value is -3.95. The number of β-amino-alcohol motifs (C(OH)–C–C–N with tert-alkyl or cyclic N) is 1. The summed E-state index contributed by atoms with van der Waals surface area (Å²) in [6, 6.07) is 8.96. The second-order valence-corrected chi connectivity index (χ2v) is 19.8. The lowest BCUT2D eigenvalue weighted by Gasteiger charge is -2.50. The highest BCUT2D eigenvalue weighted by Crippen LogP contribution is 2.38. The number of aliphatic hydroxyl groups excluding tert-OH is 2.